The lowest BCUT2D eigenvalue weighted by molar-refractivity contribution is -0.100. The number of anilines is 1. The quantitative estimate of drug-likeness (QED) is 0.636. The Bertz CT molecular complexity index is 220. The summed E-state index contributed by atoms with van der Waals surface area (Å²) < 4.78 is 34.7. The molecule has 0 radical (unpaired) electrons. The predicted octanol–water partition coefficient (Wildman–Crippen LogP) is 1.41. The zero-order valence-corrected chi connectivity index (χ0v) is 5.26. The molecule has 6 heteroatoms. The monoisotopic (exact) mass is 163 g/mol. The second kappa shape index (κ2) is 2.73. The Balaban J connectivity index is 2.66. The van der Waals surface area contributed by atoms with Gasteiger partial charge in [-0.3, -0.25) is 10.3 Å². The fourth-order valence-corrected chi connectivity index (χ4v) is 0.509. The lowest BCUT2D eigenvalue weighted by atomic mass is 10.6. The minimum absolute atomic E-state index is 0.306. The maximum Gasteiger partial charge on any atom is 0.483 e. The smallest absolute Gasteiger partial charge is 0.280 e. The van der Waals surface area contributed by atoms with E-state index in [9.17, 15) is 13.2 Å². The predicted molar refractivity (Wildman–Crippen MR) is 31.7 cm³/mol. The summed E-state index contributed by atoms with van der Waals surface area (Å²) >= 11 is 0. The van der Waals surface area contributed by atoms with Crippen molar-refractivity contribution in [1.82, 2.24) is 9.97 Å². The average molecular weight is 163 g/mol. The highest BCUT2D eigenvalue weighted by atomic mass is 19.4. The number of aromatic nitrogens is 2. The van der Waals surface area contributed by atoms with Crippen molar-refractivity contribution in [1.29, 1.82) is 0 Å². The van der Waals surface area contributed by atoms with Crippen LogP contribution in [0.5, 0.6) is 0 Å². The SMILES string of the molecule is FC(F)(F)Nc1cnccn1. The molecular formula is C5H4F3N3. The summed E-state index contributed by atoms with van der Waals surface area (Å²) in [6, 6.07) is 0. The largest absolute Gasteiger partial charge is 0.483 e. The van der Waals surface area contributed by atoms with E-state index in [0.717, 1.165) is 6.20 Å². The molecule has 1 aromatic heterocycles. The van der Waals surface area contributed by atoms with Crippen molar-refractivity contribution in [3.63, 3.8) is 0 Å². The molecule has 0 spiro atoms. The summed E-state index contributed by atoms with van der Waals surface area (Å²) in [5.41, 5.74) is 0. The Hall–Kier alpha value is -1.33. The van der Waals surface area contributed by atoms with Crippen molar-refractivity contribution in [2.45, 2.75) is 6.30 Å². The van der Waals surface area contributed by atoms with Crippen LogP contribution in [0, 0.1) is 0 Å². The van der Waals surface area contributed by atoms with E-state index < -0.39 is 6.30 Å². The highest BCUT2D eigenvalue weighted by Crippen LogP contribution is 2.16. The molecule has 1 aromatic rings. The molecule has 60 valence electrons. The third-order valence-corrected chi connectivity index (χ3v) is 0.833. The molecule has 3 nitrogen and oxygen atoms in total. The molecule has 0 aromatic carbocycles. The van der Waals surface area contributed by atoms with Gasteiger partial charge in [0.05, 0.1) is 6.20 Å². The first kappa shape index (κ1) is 7.77. The first-order valence-corrected chi connectivity index (χ1v) is 2.69. The molecular weight excluding hydrogens is 159 g/mol. The van der Waals surface area contributed by atoms with E-state index >= 15 is 0 Å². The van der Waals surface area contributed by atoms with Gasteiger partial charge in [0, 0.05) is 12.4 Å². The number of rotatable bonds is 1. The van der Waals surface area contributed by atoms with Gasteiger partial charge in [0.1, 0.15) is 0 Å². The third kappa shape index (κ3) is 2.83. The first-order valence-electron chi connectivity index (χ1n) is 2.69. The van der Waals surface area contributed by atoms with Crippen molar-refractivity contribution in [3.8, 4) is 0 Å². The molecule has 0 aliphatic heterocycles. The molecule has 0 aliphatic rings. The number of alkyl halides is 3. The maximum absolute atomic E-state index is 11.6. The second-order valence-electron chi connectivity index (χ2n) is 1.71. The zero-order valence-electron chi connectivity index (χ0n) is 5.26. The summed E-state index contributed by atoms with van der Waals surface area (Å²) in [5.74, 6) is -0.306. The lowest BCUT2D eigenvalue weighted by Gasteiger charge is -2.06. The Morgan fingerprint density at radius 2 is 2.00 bits per heavy atom. The van der Waals surface area contributed by atoms with Gasteiger partial charge in [-0.15, -0.1) is 0 Å². The second-order valence-corrected chi connectivity index (χ2v) is 1.71. The number of hydrogen-bond acceptors (Lipinski definition) is 3. The van der Waals surface area contributed by atoms with Gasteiger partial charge in [-0.25, -0.2) is 4.98 Å². The van der Waals surface area contributed by atoms with E-state index in [1.807, 2.05) is 0 Å². The molecule has 11 heavy (non-hydrogen) atoms. The van der Waals surface area contributed by atoms with Crippen LogP contribution in [0.15, 0.2) is 18.6 Å². The van der Waals surface area contributed by atoms with E-state index in [0.29, 0.717) is 0 Å². The molecule has 0 unspecified atom stereocenters. The van der Waals surface area contributed by atoms with Gasteiger partial charge in [0.2, 0.25) is 0 Å². The number of nitrogens with one attached hydrogen (secondary N) is 1. The van der Waals surface area contributed by atoms with Crippen LogP contribution < -0.4 is 5.32 Å². The Labute approximate surface area is 60.3 Å². The van der Waals surface area contributed by atoms with Crippen molar-refractivity contribution >= 4 is 5.82 Å². The average Bonchev–Trinajstić information content (AvgIpc) is 1.85. The summed E-state index contributed by atoms with van der Waals surface area (Å²) in [5, 5.41) is 1.21. The minimum atomic E-state index is -4.45. The van der Waals surface area contributed by atoms with Crippen LogP contribution in [0.2, 0.25) is 0 Å². The molecule has 1 heterocycles. The van der Waals surface area contributed by atoms with Gasteiger partial charge >= 0.3 is 6.30 Å². The molecule has 0 bridgehead atoms. The fraction of sp³-hybridized carbons (Fsp3) is 0.200. The summed E-state index contributed by atoms with van der Waals surface area (Å²) in [6.45, 7) is 0. The van der Waals surface area contributed by atoms with Crippen LogP contribution >= 0.6 is 0 Å². The zero-order chi connectivity index (χ0) is 8.32. The van der Waals surface area contributed by atoms with Gasteiger partial charge in [0.25, 0.3) is 0 Å². The molecule has 0 aliphatic carbocycles. The van der Waals surface area contributed by atoms with Crippen LogP contribution in [0.1, 0.15) is 0 Å². The van der Waals surface area contributed by atoms with Crippen LogP contribution in [-0.2, 0) is 0 Å². The molecule has 0 saturated carbocycles. The minimum Gasteiger partial charge on any atom is -0.280 e. The Morgan fingerprint density at radius 3 is 2.45 bits per heavy atom. The van der Waals surface area contributed by atoms with E-state index in [2.05, 4.69) is 9.97 Å². The van der Waals surface area contributed by atoms with E-state index in [1.165, 1.54) is 17.7 Å². The topological polar surface area (TPSA) is 37.8 Å². The van der Waals surface area contributed by atoms with E-state index in [4.69, 9.17) is 0 Å². The van der Waals surface area contributed by atoms with Crippen LogP contribution in [-0.4, -0.2) is 16.3 Å². The van der Waals surface area contributed by atoms with Gasteiger partial charge in [0.15, 0.2) is 5.82 Å². The number of nitrogens with zero attached hydrogens (tertiary/aromatic N) is 2. The third-order valence-electron chi connectivity index (χ3n) is 0.833. The molecule has 0 atom stereocenters. The standard InChI is InChI=1S/C5H4F3N3/c6-5(7,8)11-4-3-9-1-2-10-4/h1-3H,(H,10,11). The summed E-state index contributed by atoms with van der Waals surface area (Å²) in [4.78, 5) is 6.81. The maximum atomic E-state index is 11.6. The van der Waals surface area contributed by atoms with E-state index in [1.54, 1.807) is 0 Å². The van der Waals surface area contributed by atoms with Crippen molar-refractivity contribution in [3.05, 3.63) is 18.6 Å². The first-order chi connectivity index (χ1) is 5.08. The number of halogens is 3. The lowest BCUT2D eigenvalue weighted by Crippen LogP contribution is -2.21. The highest BCUT2D eigenvalue weighted by Gasteiger charge is 2.27. The number of hydrogen-bond donors (Lipinski definition) is 1. The van der Waals surface area contributed by atoms with Gasteiger partial charge < -0.3 is 0 Å². The molecule has 0 amide bonds. The normalized spacial score (nSPS) is 11.2. The fourth-order valence-electron chi connectivity index (χ4n) is 0.509. The molecule has 0 fully saturated rings. The molecule has 1 rings (SSSR count). The highest BCUT2D eigenvalue weighted by molar-refractivity contribution is 5.30. The Kier molecular flexibility index (Phi) is 1.93. The summed E-state index contributed by atoms with van der Waals surface area (Å²) in [6.07, 6.45) is -0.987. The van der Waals surface area contributed by atoms with Crippen LogP contribution in [0.25, 0.3) is 0 Å². The van der Waals surface area contributed by atoms with Crippen molar-refractivity contribution < 1.29 is 13.2 Å². The summed E-state index contributed by atoms with van der Waals surface area (Å²) in [7, 11) is 0. The van der Waals surface area contributed by atoms with Gasteiger partial charge in [-0.2, -0.15) is 13.2 Å². The molecule has 0 saturated heterocycles. The van der Waals surface area contributed by atoms with E-state index in [-0.39, 0.29) is 5.82 Å². The van der Waals surface area contributed by atoms with Gasteiger partial charge in [-0.05, 0) is 0 Å². The Morgan fingerprint density at radius 1 is 1.27 bits per heavy atom. The van der Waals surface area contributed by atoms with Crippen molar-refractivity contribution in [2.75, 3.05) is 5.32 Å². The van der Waals surface area contributed by atoms with Crippen molar-refractivity contribution in [2.24, 2.45) is 0 Å². The molecule has 1 N–H and O–H groups in total. The van der Waals surface area contributed by atoms with Crippen LogP contribution in [0.4, 0.5) is 19.0 Å². The van der Waals surface area contributed by atoms with Gasteiger partial charge in [-0.1, -0.05) is 0 Å². The van der Waals surface area contributed by atoms with Crippen LogP contribution in [0.3, 0.4) is 0 Å².